The number of ether oxygens (including phenoxy) is 3. The van der Waals surface area contributed by atoms with Crippen LogP contribution < -0.4 is 0 Å². The quantitative estimate of drug-likeness (QED) is 0.229. The summed E-state index contributed by atoms with van der Waals surface area (Å²) < 4.78 is 11.7. The third kappa shape index (κ3) is 5.00. The second-order valence-electron chi connectivity index (χ2n) is 4.38. The number of carbonyl (C=O) groups excluding carboxylic acids is 4. The van der Waals surface area contributed by atoms with Gasteiger partial charge in [0.25, 0.3) is 0 Å². The maximum Gasteiger partial charge on any atom is 0.508 e. The van der Waals surface area contributed by atoms with Crippen molar-refractivity contribution in [3.8, 4) is 0 Å². The van der Waals surface area contributed by atoms with Gasteiger partial charge in [-0.3, -0.25) is 14.5 Å². The number of carbonyl (C=O) groups is 4. The molecule has 0 aliphatic carbocycles. The van der Waals surface area contributed by atoms with Gasteiger partial charge in [-0.2, -0.15) is 0 Å². The predicted molar refractivity (Wildman–Crippen MR) is 79.2 cm³/mol. The third-order valence-electron chi connectivity index (χ3n) is 2.79. The van der Waals surface area contributed by atoms with Gasteiger partial charge >= 0.3 is 18.0 Å². The molecule has 1 fully saturated rings. The van der Waals surface area contributed by atoms with E-state index in [-0.39, 0.29) is 0 Å². The Morgan fingerprint density at radius 3 is 2.30 bits per heavy atom. The Hall–Kier alpha value is -0.960. The van der Waals surface area contributed by atoms with E-state index < -0.39 is 51.9 Å². The van der Waals surface area contributed by atoms with Crippen LogP contribution in [0.1, 0.15) is 6.92 Å². The Kier molecular flexibility index (Phi) is 6.76. The molecule has 1 aliphatic heterocycles. The first kappa shape index (κ1) is 20.1. The molecule has 0 aromatic heterocycles. The van der Waals surface area contributed by atoms with Gasteiger partial charge in [0.05, 0.1) is 7.11 Å². The highest BCUT2D eigenvalue weighted by molar-refractivity contribution is 6.67. The number of methoxy groups -OCH3 is 1. The summed E-state index contributed by atoms with van der Waals surface area (Å²) >= 11 is 22.1. The summed E-state index contributed by atoms with van der Waals surface area (Å²) in [4.78, 5) is 46.4. The third-order valence-corrected chi connectivity index (χ3v) is 3.58. The fourth-order valence-corrected chi connectivity index (χ4v) is 2.36. The van der Waals surface area contributed by atoms with Crippen LogP contribution in [-0.4, -0.2) is 58.0 Å². The van der Waals surface area contributed by atoms with Crippen LogP contribution in [0, 0.1) is 5.92 Å². The van der Waals surface area contributed by atoms with E-state index in [1.165, 1.54) is 6.92 Å². The van der Waals surface area contributed by atoms with Crippen LogP contribution in [0.3, 0.4) is 0 Å². The molecular formula is C11H11Cl4NO7. The van der Waals surface area contributed by atoms with E-state index in [0.29, 0.717) is 4.90 Å². The number of nitrogens with zero attached hydrogens (tertiary/aromatic N) is 1. The maximum absolute atomic E-state index is 11.9. The highest BCUT2D eigenvalue weighted by Crippen LogP contribution is 2.34. The molecule has 12 heteroatoms. The van der Waals surface area contributed by atoms with Crippen molar-refractivity contribution in [1.29, 1.82) is 0 Å². The van der Waals surface area contributed by atoms with Gasteiger partial charge in [0, 0.05) is 0 Å². The zero-order chi connectivity index (χ0) is 17.9. The number of halogens is 4. The number of amides is 2. The van der Waals surface area contributed by atoms with Crippen molar-refractivity contribution in [2.75, 3.05) is 13.7 Å². The number of hydrogen-bond donors (Lipinski definition) is 0. The van der Waals surface area contributed by atoms with Gasteiger partial charge in [-0.1, -0.05) is 46.4 Å². The van der Waals surface area contributed by atoms with Gasteiger partial charge in [0.1, 0.15) is 24.1 Å². The van der Waals surface area contributed by atoms with Crippen LogP contribution >= 0.6 is 46.4 Å². The van der Waals surface area contributed by atoms with Crippen molar-refractivity contribution in [2.24, 2.45) is 5.92 Å². The molecule has 0 spiro atoms. The Labute approximate surface area is 150 Å². The van der Waals surface area contributed by atoms with E-state index >= 15 is 0 Å². The van der Waals surface area contributed by atoms with Gasteiger partial charge in [-0.25, -0.2) is 9.59 Å². The van der Waals surface area contributed by atoms with Crippen molar-refractivity contribution in [2.45, 2.75) is 22.3 Å². The average Bonchev–Trinajstić information content (AvgIpc) is 2.43. The molecule has 1 aliphatic rings. The molecule has 8 nitrogen and oxygen atoms in total. The Balaban J connectivity index is 2.58. The summed E-state index contributed by atoms with van der Waals surface area (Å²) in [5.41, 5.74) is -1.18. The fraction of sp³-hybridized carbons (Fsp3) is 0.636. The van der Waals surface area contributed by atoms with E-state index in [4.69, 9.17) is 51.1 Å². The molecule has 1 saturated heterocycles. The van der Waals surface area contributed by atoms with Gasteiger partial charge in [0.2, 0.25) is 9.70 Å². The molecule has 130 valence electrons. The van der Waals surface area contributed by atoms with E-state index in [1.807, 2.05) is 0 Å². The normalized spacial score (nSPS) is 22.0. The lowest BCUT2D eigenvalue weighted by molar-refractivity contribution is -0.175. The minimum absolute atomic E-state index is 0.505. The lowest BCUT2D eigenvalue weighted by atomic mass is 9.92. The monoisotopic (exact) mass is 409 g/mol. The molecule has 0 aromatic rings. The first-order valence-corrected chi connectivity index (χ1v) is 7.56. The molecule has 0 radical (unpaired) electrons. The number of β-lactam (4-membered cyclic amide) rings is 1. The molecule has 2 unspecified atom stereocenters. The Morgan fingerprint density at radius 2 is 1.87 bits per heavy atom. The smallest absolute Gasteiger partial charge is 0.462 e. The standard InChI is InChI=1S/C11H11Cl4NO7/c1-4(23-10(20)22-3-11(13,14)15)5-6(12)16(7(5)17)8(18)9(19)21-2/h4-6H,3H2,1-2H3/t4?,5?,6-/m0/s1. The predicted octanol–water partition coefficient (Wildman–Crippen LogP) is 1.62. The van der Waals surface area contributed by atoms with E-state index in [9.17, 15) is 19.2 Å². The summed E-state index contributed by atoms with van der Waals surface area (Å²) in [7, 11) is 0.984. The molecule has 0 N–H and O–H groups in total. The van der Waals surface area contributed by atoms with Crippen LogP contribution in [-0.2, 0) is 28.6 Å². The molecular weight excluding hydrogens is 400 g/mol. The van der Waals surface area contributed by atoms with Crippen LogP contribution in [0.2, 0.25) is 0 Å². The first-order valence-electron chi connectivity index (χ1n) is 5.99. The van der Waals surface area contributed by atoms with Gasteiger partial charge in [-0.05, 0) is 6.92 Å². The highest BCUT2D eigenvalue weighted by atomic mass is 35.6. The molecule has 0 aromatic carbocycles. The summed E-state index contributed by atoms with van der Waals surface area (Å²) in [5.74, 6) is -4.27. The summed E-state index contributed by atoms with van der Waals surface area (Å²) in [6.45, 7) is 0.799. The fourth-order valence-electron chi connectivity index (χ4n) is 1.70. The van der Waals surface area contributed by atoms with Crippen molar-refractivity contribution < 1.29 is 33.4 Å². The van der Waals surface area contributed by atoms with Crippen LogP contribution in [0.4, 0.5) is 4.79 Å². The molecule has 3 atom stereocenters. The minimum Gasteiger partial charge on any atom is -0.462 e. The number of esters is 1. The van der Waals surface area contributed by atoms with Crippen molar-refractivity contribution in [1.82, 2.24) is 4.90 Å². The zero-order valence-corrected chi connectivity index (χ0v) is 14.8. The van der Waals surface area contributed by atoms with Crippen molar-refractivity contribution in [3.63, 3.8) is 0 Å². The van der Waals surface area contributed by atoms with Gasteiger partial charge in [0.15, 0.2) is 0 Å². The van der Waals surface area contributed by atoms with E-state index in [0.717, 1.165) is 7.11 Å². The second kappa shape index (κ2) is 7.74. The second-order valence-corrected chi connectivity index (χ2v) is 7.34. The number of alkyl halides is 4. The van der Waals surface area contributed by atoms with E-state index in [2.05, 4.69) is 9.47 Å². The lowest BCUT2D eigenvalue weighted by Crippen LogP contribution is -2.65. The molecule has 2 amide bonds. The maximum atomic E-state index is 11.9. The Bertz CT molecular complexity index is 521. The average molecular weight is 411 g/mol. The number of hydrogen-bond acceptors (Lipinski definition) is 7. The van der Waals surface area contributed by atoms with Gasteiger partial charge in [-0.15, -0.1) is 0 Å². The van der Waals surface area contributed by atoms with Crippen molar-refractivity contribution in [3.05, 3.63) is 0 Å². The molecule has 23 heavy (non-hydrogen) atoms. The molecule has 0 bridgehead atoms. The molecule has 0 saturated carbocycles. The Morgan fingerprint density at radius 1 is 1.30 bits per heavy atom. The summed E-state index contributed by atoms with van der Waals surface area (Å²) in [6.07, 6.45) is -2.21. The van der Waals surface area contributed by atoms with Crippen molar-refractivity contribution >= 4 is 70.3 Å². The number of likely N-dealkylation sites (tertiary alicyclic amines) is 1. The molecule has 1 rings (SSSR count). The summed E-state index contributed by atoms with van der Waals surface area (Å²) in [5, 5.41) is 0. The van der Waals surface area contributed by atoms with E-state index in [1.54, 1.807) is 0 Å². The number of rotatable bonds is 3. The van der Waals surface area contributed by atoms with Crippen LogP contribution in [0.15, 0.2) is 0 Å². The molecule has 1 heterocycles. The van der Waals surface area contributed by atoms with Crippen LogP contribution in [0.5, 0.6) is 0 Å². The van der Waals surface area contributed by atoms with Gasteiger partial charge < -0.3 is 14.2 Å². The highest BCUT2D eigenvalue weighted by Gasteiger charge is 2.55. The SMILES string of the molecule is COC(=O)C(=O)N1C(=O)C(C(C)OC(=O)OCC(Cl)(Cl)Cl)[C@H]1Cl. The lowest BCUT2D eigenvalue weighted by Gasteiger charge is -2.43. The minimum atomic E-state index is -1.81. The zero-order valence-electron chi connectivity index (χ0n) is 11.8. The summed E-state index contributed by atoms with van der Waals surface area (Å²) in [6, 6.07) is 0. The van der Waals surface area contributed by atoms with Crippen LogP contribution in [0.25, 0.3) is 0 Å². The topological polar surface area (TPSA) is 99.2 Å². The largest absolute Gasteiger partial charge is 0.508 e. The number of imide groups is 1. The first-order chi connectivity index (χ1) is 10.5.